The zero-order valence-corrected chi connectivity index (χ0v) is 18.3. The van der Waals surface area contributed by atoms with E-state index in [-0.39, 0.29) is 30.3 Å². The van der Waals surface area contributed by atoms with E-state index in [0.717, 1.165) is 32.4 Å². The van der Waals surface area contributed by atoms with Gasteiger partial charge in [-0.3, -0.25) is 14.5 Å². The summed E-state index contributed by atoms with van der Waals surface area (Å²) in [6.07, 6.45) is 3.63. The van der Waals surface area contributed by atoms with Gasteiger partial charge in [-0.2, -0.15) is 0 Å². The molecule has 0 aromatic heterocycles. The standard InChI is InChI=1S/C25H30FN3O3/c26-20-8-10-21(11-9-20)32-18-25(31)29-16-14-28(15-17-29)13-12-24(30)27-23-7-3-5-19-4-1-2-6-22(19)23/h1-2,4,6,8-11,23H,3,5,7,12-18H2,(H,27,30). The maximum Gasteiger partial charge on any atom is 0.260 e. The smallest absolute Gasteiger partial charge is 0.260 e. The van der Waals surface area contributed by atoms with Crippen molar-refractivity contribution in [1.82, 2.24) is 15.1 Å². The van der Waals surface area contributed by atoms with Gasteiger partial charge in [-0.05, 0) is 54.7 Å². The van der Waals surface area contributed by atoms with E-state index in [1.807, 2.05) is 6.07 Å². The Morgan fingerprint density at radius 1 is 1.03 bits per heavy atom. The molecule has 1 N–H and O–H groups in total. The van der Waals surface area contributed by atoms with Gasteiger partial charge in [0.1, 0.15) is 11.6 Å². The molecule has 32 heavy (non-hydrogen) atoms. The second-order valence-electron chi connectivity index (χ2n) is 8.43. The highest BCUT2D eigenvalue weighted by molar-refractivity contribution is 5.78. The number of amides is 2. The van der Waals surface area contributed by atoms with E-state index >= 15 is 0 Å². The Balaban J connectivity index is 1.16. The summed E-state index contributed by atoms with van der Waals surface area (Å²) in [6.45, 7) is 3.33. The lowest BCUT2D eigenvalue weighted by Crippen LogP contribution is -2.50. The van der Waals surface area contributed by atoms with Crippen molar-refractivity contribution < 1.29 is 18.7 Å². The highest BCUT2D eigenvalue weighted by atomic mass is 19.1. The maximum atomic E-state index is 12.9. The zero-order valence-electron chi connectivity index (χ0n) is 18.3. The van der Waals surface area contributed by atoms with Crippen LogP contribution in [0.3, 0.4) is 0 Å². The van der Waals surface area contributed by atoms with Crippen molar-refractivity contribution in [3.63, 3.8) is 0 Å². The first kappa shape index (κ1) is 22.3. The van der Waals surface area contributed by atoms with Crippen LogP contribution < -0.4 is 10.1 Å². The molecule has 170 valence electrons. The largest absolute Gasteiger partial charge is 0.484 e. The summed E-state index contributed by atoms with van der Waals surface area (Å²) in [5.41, 5.74) is 2.59. The van der Waals surface area contributed by atoms with Gasteiger partial charge in [0.05, 0.1) is 6.04 Å². The van der Waals surface area contributed by atoms with Crippen LogP contribution >= 0.6 is 0 Å². The molecule has 1 saturated heterocycles. The number of hydrogen-bond donors (Lipinski definition) is 1. The van der Waals surface area contributed by atoms with E-state index < -0.39 is 0 Å². The number of carbonyl (C=O) groups excluding carboxylic acids is 2. The number of benzene rings is 2. The molecule has 0 bridgehead atoms. The Hall–Kier alpha value is -2.93. The quantitative estimate of drug-likeness (QED) is 0.721. The van der Waals surface area contributed by atoms with Crippen molar-refractivity contribution >= 4 is 11.8 Å². The van der Waals surface area contributed by atoms with Crippen LogP contribution in [0.25, 0.3) is 0 Å². The molecule has 0 spiro atoms. The van der Waals surface area contributed by atoms with Crippen LogP contribution in [0.2, 0.25) is 0 Å². The second-order valence-corrected chi connectivity index (χ2v) is 8.43. The average Bonchev–Trinajstić information content (AvgIpc) is 2.83. The van der Waals surface area contributed by atoms with Crippen LogP contribution in [-0.2, 0) is 16.0 Å². The summed E-state index contributed by atoms with van der Waals surface area (Å²) >= 11 is 0. The minimum atomic E-state index is -0.336. The SMILES string of the molecule is O=C(CCN1CCN(C(=O)COc2ccc(F)cc2)CC1)NC1CCCc2ccccc21. The van der Waals surface area contributed by atoms with Crippen LogP contribution in [-0.4, -0.2) is 60.9 Å². The third-order valence-electron chi connectivity index (χ3n) is 6.26. The van der Waals surface area contributed by atoms with Crippen LogP contribution in [0.15, 0.2) is 48.5 Å². The number of rotatable bonds is 7. The fourth-order valence-corrected chi connectivity index (χ4v) is 4.42. The van der Waals surface area contributed by atoms with Gasteiger partial charge in [0.2, 0.25) is 5.91 Å². The molecule has 6 nitrogen and oxygen atoms in total. The monoisotopic (exact) mass is 439 g/mol. The van der Waals surface area contributed by atoms with Crippen molar-refractivity contribution in [3.8, 4) is 5.75 Å². The molecule has 2 amide bonds. The van der Waals surface area contributed by atoms with E-state index in [4.69, 9.17) is 4.74 Å². The van der Waals surface area contributed by atoms with Crippen molar-refractivity contribution in [3.05, 3.63) is 65.5 Å². The molecule has 4 rings (SSSR count). The second kappa shape index (κ2) is 10.6. The van der Waals surface area contributed by atoms with Gasteiger partial charge in [0.25, 0.3) is 5.91 Å². The summed E-state index contributed by atoms with van der Waals surface area (Å²) in [4.78, 5) is 28.9. The molecular weight excluding hydrogens is 409 g/mol. The van der Waals surface area contributed by atoms with Crippen molar-refractivity contribution in [1.29, 1.82) is 0 Å². The van der Waals surface area contributed by atoms with E-state index in [2.05, 4.69) is 28.4 Å². The van der Waals surface area contributed by atoms with Crippen molar-refractivity contribution in [2.24, 2.45) is 0 Å². The molecule has 2 aliphatic rings. The van der Waals surface area contributed by atoms with E-state index in [1.165, 1.54) is 35.4 Å². The fourth-order valence-electron chi connectivity index (χ4n) is 4.42. The number of ether oxygens (including phenoxy) is 1. The van der Waals surface area contributed by atoms with E-state index in [1.54, 1.807) is 4.90 Å². The summed E-state index contributed by atoms with van der Waals surface area (Å²) in [6, 6.07) is 14.1. The number of hydrogen-bond acceptors (Lipinski definition) is 4. The number of fused-ring (bicyclic) bond motifs is 1. The molecule has 1 fully saturated rings. The Kier molecular flexibility index (Phi) is 7.37. The first-order valence-electron chi connectivity index (χ1n) is 11.3. The van der Waals surface area contributed by atoms with Crippen molar-refractivity contribution in [2.75, 3.05) is 39.3 Å². The molecule has 0 radical (unpaired) electrons. The van der Waals surface area contributed by atoms with Crippen molar-refractivity contribution in [2.45, 2.75) is 31.7 Å². The average molecular weight is 440 g/mol. The molecule has 7 heteroatoms. The summed E-state index contributed by atoms with van der Waals surface area (Å²) in [7, 11) is 0. The number of piperazine rings is 1. The Labute approximate surface area is 188 Å². The number of nitrogens with one attached hydrogen (secondary N) is 1. The highest BCUT2D eigenvalue weighted by Gasteiger charge is 2.24. The topological polar surface area (TPSA) is 61.9 Å². The molecule has 1 aliphatic carbocycles. The highest BCUT2D eigenvalue weighted by Crippen LogP contribution is 2.29. The van der Waals surface area contributed by atoms with Gasteiger partial charge >= 0.3 is 0 Å². The minimum Gasteiger partial charge on any atom is -0.484 e. The third kappa shape index (κ3) is 5.85. The van der Waals surface area contributed by atoms with E-state index in [9.17, 15) is 14.0 Å². The third-order valence-corrected chi connectivity index (χ3v) is 6.26. The molecule has 0 saturated carbocycles. The molecular formula is C25H30FN3O3. The summed E-state index contributed by atoms with van der Waals surface area (Å²) in [5.74, 6) is 0.141. The zero-order chi connectivity index (χ0) is 22.3. The molecule has 1 atom stereocenters. The van der Waals surface area contributed by atoms with Crippen LogP contribution in [0.5, 0.6) is 5.75 Å². The first-order chi connectivity index (χ1) is 15.6. The number of halogens is 1. The molecule has 1 heterocycles. The number of carbonyl (C=O) groups is 2. The van der Waals surface area contributed by atoms with Gasteiger partial charge in [0, 0.05) is 39.1 Å². The van der Waals surface area contributed by atoms with Crippen LogP contribution in [0.4, 0.5) is 4.39 Å². The molecule has 1 aliphatic heterocycles. The van der Waals surface area contributed by atoms with E-state index in [0.29, 0.717) is 31.8 Å². The minimum absolute atomic E-state index is 0.0586. The van der Waals surface area contributed by atoms with Gasteiger partial charge in [-0.25, -0.2) is 4.39 Å². The Morgan fingerprint density at radius 3 is 2.56 bits per heavy atom. The lowest BCUT2D eigenvalue weighted by Gasteiger charge is -2.34. The van der Waals surface area contributed by atoms with Crippen LogP contribution in [0, 0.1) is 5.82 Å². The Bertz CT molecular complexity index is 926. The Morgan fingerprint density at radius 2 is 1.78 bits per heavy atom. The predicted molar refractivity (Wildman–Crippen MR) is 120 cm³/mol. The summed E-state index contributed by atoms with van der Waals surface area (Å²) in [5, 5.41) is 3.21. The lowest BCUT2D eigenvalue weighted by atomic mass is 9.87. The van der Waals surface area contributed by atoms with Gasteiger partial charge in [-0.15, -0.1) is 0 Å². The number of aryl methyl sites for hydroxylation is 1. The van der Waals surface area contributed by atoms with Gasteiger partial charge in [-0.1, -0.05) is 24.3 Å². The van der Waals surface area contributed by atoms with Gasteiger partial charge < -0.3 is 15.0 Å². The molecule has 1 unspecified atom stereocenters. The van der Waals surface area contributed by atoms with Crippen LogP contribution in [0.1, 0.15) is 36.4 Å². The molecule has 2 aromatic carbocycles. The van der Waals surface area contributed by atoms with Gasteiger partial charge in [0.15, 0.2) is 6.61 Å². The normalized spacial score (nSPS) is 18.7. The summed E-state index contributed by atoms with van der Waals surface area (Å²) < 4.78 is 18.4. The first-order valence-corrected chi connectivity index (χ1v) is 11.3. The predicted octanol–water partition coefficient (Wildman–Crippen LogP) is 2.93. The maximum absolute atomic E-state index is 12.9. The molecule has 2 aromatic rings. The lowest BCUT2D eigenvalue weighted by molar-refractivity contribution is -0.135. The number of nitrogens with zero attached hydrogens (tertiary/aromatic N) is 2. The fraction of sp³-hybridized carbons (Fsp3) is 0.440.